The molecule has 2 heterocycles. The van der Waals surface area contributed by atoms with Crippen molar-refractivity contribution in [2.24, 2.45) is 0 Å². The largest absolute Gasteiger partial charge is 0.452 e. The number of hydrogen-bond acceptors (Lipinski definition) is 5. The van der Waals surface area contributed by atoms with Crippen LogP contribution in [0.1, 0.15) is 26.6 Å². The fraction of sp³-hybridized carbons (Fsp3) is 0.278. The summed E-state index contributed by atoms with van der Waals surface area (Å²) >= 11 is 1.17. The molecule has 3 aromatic rings. The number of anilines is 1. The van der Waals surface area contributed by atoms with E-state index in [4.69, 9.17) is 0 Å². The van der Waals surface area contributed by atoms with Crippen LogP contribution in [-0.4, -0.2) is 13.6 Å². The minimum atomic E-state index is -4.71. The summed E-state index contributed by atoms with van der Waals surface area (Å²) in [6.07, 6.45) is -4.71. The van der Waals surface area contributed by atoms with Gasteiger partial charge in [0.2, 0.25) is 5.76 Å². The van der Waals surface area contributed by atoms with Crippen molar-refractivity contribution in [3.8, 4) is 11.3 Å². The molecule has 0 atom stereocenters. The van der Waals surface area contributed by atoms with Crippen molar-refractivity contribution in [3.05, 3.63) is 50.9 Å². The molecule has 0 aliphatic rings. The molecule has 0 unspecified atom stereocenters. The predicted molar refractivity (Wildman–Crippen MR) is 101 cm³/mol. The Hall–Kier alpha value is -2.33. The quantitative estimate of drug-likeness (QED) is 0.597. The maximum Gasteiger partial charge on any atom is 0.452 e. The molecule has 150 valence electrons. The van der Waals surface area contributed by atoms with E-state index in [0.29, 0.717) is 21.5 Å². The van der Waals surface area contributed by atoms with Crippen molar-refractivity contribution in [1.29, 1.82) is 0 Å². The molecule has 0 saturated heterocycles. The van der Waals surface area contributed by atoms with Gasteiger partial charge < -0.3 is 4.52 Å². The number of thiophene rings is 1. The standard InChI is InChI=1S/C18H17F3N2O3S2/c1-9-5-6-13(7-10(9)2)23-28(24,25)17-12(4)27-11(3)16(17)14-8-15(26-22-14)18(19,20)21/h5-8,23H,1-4H3. The molecule has 5 nitrogen and oxygen atoms in total. The number of aromatic nitrogens is 1. The van der Waals surface area contributed by atoms with Gasteiger partial charge in [0, 0.05) is 27.1 Å². The highest BCUT2D eigenvalue weighted by atomic mass is 32.2. The molecule has 0 aliphatic heterocycles. The summed E-state index contributed by atoms with van der Waals surface area (Å²) in [6, 6.07) is 5.82. The normalized spacial score (nSPS) is 12.4. The summed E-state index contributed by atoms with van der Waals surface area (Å²) in [5.74, 6) is -1.28. The van der Waals surface area contributed by atoms with Gasteiger partial charge in [0.15, 0.2) is 0 Å². The molecule has 1 N–H and O–H groups in total. The molecule has 0 amide bonds. The number of sulfonamides is 1. The van der Waals surface area contributed by atoms with E-state index in [2.05, 4.69) is 14.4 Å². The number of alkyl halides is 3. The van der Waals surface area contributed by atoms with Crippen LogP contribution in [0.15, 0.2) is 33.7 Å². The molecular weight excluding hydrogens is 413 g/mol. The maximum absolute atomic E-state index is 13.0. The van der Waals surface area contributed by atoms with Gasteiger partial charge in [-0.15, -0.1) is 11.3 Å². The number of aryl methyl sites for hydroxylation is 4. The first-order valence-corrected chi connectivity index (χ1v) is 10.4. The first-order chi connectivity index (χ1) is 12.9. The fourth-order valence-electron chi connectivity index (χ4n) is 2.82. The van der Waals surface area contributed by atoms with Crippen LogP contribution in [0.5, 0.6) is 0 Å². The topological polar surface area (TPSA) is 72.2 Å². The molecule has 0 aliphatic carbocycles. The number of hydrogen-bond donors (Lipinski definition) is 1. The molecule has 0 radical (unpaired) electrons. The number of nitrogens with one attached hydrogen (secondary N) is 1. The van der Waals surface area contributed by atoms with Crippen molar-refractivity contribution >= 4 is 27.0 Å². The van der Waals surface area contributed by atoms with Gasteiger partial charge in [-0.2, -0.15) is 13.2 Å². The monoisotopic (exact) mass is 430 g/mol. The third kappa shape index (κ3) is 3.79. The second-order valence-electron chi connectivity index (χ2n) is 6.40. The van der Waals surface area contributed by atoms with Crippen LogP contribution in [-0.2, 0) is 16.2 Å². The molecular formula is C18H17F3N2O3S2. The molecule has 28 heavy (non-hydrogen) atoms. The zero-order valence-corrected chi connectivity index (χ0v) is 17.1. The second-order valence-corrected chi connectivity index (χ2v) is 9.45. The Labute approximate surface area is 164 Å². The number of rotatable bonds is 4. The summed E-state index contributed by atoms with van der Waals surface area (Å²) in [4.78, 5) is 0.871. The summed E-state index contributed by atoms with van der Waals surface area (Å²) in [5, 5.41) is 3.45. The molecule has 1 aromatic carbocycles. The molecule has 0 bridgehead atoms. The van der Waals surface area contributed by atoms with Crippen LogP contribution in [0.25, 0.3) is 11.3 Å². The third-order valence-corrected chi connectivity index (χ3v) is 6.98. The average Bonchev–Trinajstić information content (AvgIpc) is 3.14. The Kier molecular flexibility index (Phi) is 5.05. The molecule has 10 heteroatoms. The molecule has 0 fully saturated rings. The van der Waals surface area contributed by atoms with Crippen molar-refractivity contribution in [1.82, 2.24) is 5.16 Å². The van der Waals surface area contributed by atoms with Crippen molar-refractivity contribution in [2.45, 2.75) is 38.8 Å². The van der Waals surface area contributed by atoms with Gasteiger partial charge in [-0.05, 0) is 51.0 Å². The van der Waals surface area contributed by atoms with Gasteiger partial charge in [-0.1, -0.05) is 11.2 Å². The molecule has 0 spiro atoms. The van der Waals surface area contributed by atoms with Crippen LogP contribution in [0, 0.1) is 27.7 Å². The minimum Gasteiger partial charge on any atom is -0.351 e. The first-order valence-electron chi connectivity index (χ1n) is 8.14. The van der Waals surface area contributed by atoms with Crippen LogP contribution in [0.2, 0.25) is 0 Å². The number of halogens is 3. The van der Waals surface area contributed by atoms with Crippen LogP contribution >= 0.6 is 11.3 Å². The lowest BCUT2D eigenvalue weighted by molar-refractivity contribution is -0.155. The zero-order chi connectivity index (χ0) is 20.9. The van der Waals surface area contributed by atoms with E-state index in [9.17, 15) is 21.6 Å². The lowest BCUT2D eigenvalue weighted by Crippen LogP contribution is -2.14. The van der Waals surface area contributed by atoms with Gasteiger partial charge in [0.1, 0.15) is 10.6 Å². The van der Waals surface area contributed by atoms with E-state index >= 15 is 0 Å². The molecule has 0 saturated carbocycles. The summed E-state index contributed by atoms with van der Waals surface area (Å²) in [6.45, 7) is 6.98. The Morgan fingerprint density at radius 1 is 1.04 bits per heavy atom. The highest BCUT2D eigenvalue weighted by molar-refractivity contribution is 7.93. The SMILES string of the molecule is Cc1ccc(NS(=O)(=O)c2c(C)sc(C)c2-c2cc(C(F)(F)F)on2)cc1C. The lowest BCUT2D eigenvalue weighted by Gasteiger charge is -2.11. The molecule has 3 rings (SSSR count). The fourth-order valence-corrected chi connectivity index (χ4v) is 5.75. The van der Waals surface area contributed by atoms with Gasteiger partial charge in [0.25, 0.3) is 10.0 Å². The van der Waals surface area contributed by atoms with Gasteiger partial charge in [0.05, 0.1) is 0 Å². The lowest BCUT2D eigenvalue weighted by atomic mass is 10.1. The van der Waals surface area contributed by atoms with E-state index < -0.39 is 22.0 Å². The summed E-state index contributed by atoms with van der Waals surface area (Å²) in [7, 11) is -4.06. The molecule has 2 aromatic heterocycles. The van der Waals surface area contributed by atoms with Gasteiger partial charge in [-0.3, -0.25) is 4.72 Å². The Bertz CT molecular complexity index is 1150. The Morgan fingerprint density at radius 2 is 1.71 bits per heavy atom. The summed E-state index contributed by atoms with van der Waals surface area (Å²) in [5.41, 5.74) is 2.22. The van der Waals surface area contributed by atoms with E-state index in [1.807, 2.05) is 13.8 Å². The maximum atomic E-state index is 13.0. The smallest absolute Gasteiger partial charge is 0.351 e. The van der Waals surface area contributed by atoms with E-state index in [1.165, 1.54) is 11.3 Å². The summed E-state index contributed by atoms with van der Waals surface area (Å²) < 4.78 is 71.5. The minimum absolute atomic E-state index is 0.102. The predicted octanol–water partition coefficient (Wildman–Crippen LogP) is 5.46. The first kappa shape index (κ1) is 20.4. The van der Waals surface area contributed by atoms with E-state index in [0.717, 1.165) is 11.1 Å². The van der Waals surface area contributed by atoms with Crippen molar-refractivity contribution in [2.75, 3.05) is 4.72 Å². The highest BCUT2D eigenvalue weighted by Gasteiger charge is 2.37. The van der Waals surface area contributed by atoms with E-state index in [1.54, 1.807) is 32.0 Å². The average molecular weight is 430 g/mol. The van der Waals surface area contributed by atoms with Crippen molar-refractivity contribution < 1.29 is 26.1 Å². The third-order valence-electron chi connectivity index (χ3n) is 4.28. The second kappa shape index (κ2) is 6.93. The van der Waals surface area contributed by atoms with Gasteiger partial charge >= 0.3 is 6.18 Å². The van der Waals surface area contributed by atoms with Crippen molar-refractivity contribution in [3.63, 3.8) is 0 Å². The van der Waals surface area contributed by atoms with Crippen LogP contribution < -0.4 is 4.72 Å². The number of benzene rings is 1. The Morgan fingerprint density at radius 3 is 2.29 bits per heavy atom. The van der Waals surface area contributed by atoms with Gasteiger partial charge in [-0.25, -0.2) is 8.42 Å². The Balaban J connectivity index is 2.09. The van der Waals surface area contributed by atoms with E-state index in [-0.39, 0.29) is 16.2 Å². The zero-order valence-electron chi connectivity index (χ0n) is 15.4. The highest BCUT2D eigenvalue weighted by Crippen LogP contribution is 2.41. The van der Waals surface area contributed by atoms with Crippen LogP contribution in [0.4, 0.5) is 18.9 Å². The number of nitrogens with zero attached hydrogens (tertiary/aromatic N) is 1. The van der Waals surface area contributed by atoms with Crippen LogP contribution in [0.3, 0.4) is 0 Å².